The Bertz CT molecular complexity index is 863. The summed E-state index contributed by atoms with van der Waals surface area (Å²) in [6.07, 6.45) is 4.93. The summed E-state index contributed by atoms with van der Waals surface area (Å²) in [6, 6.07) is 25.0. The van der Waals surface area contributed by atoms with Gasteiger partial charge in [0, 0.05) is 32.3 Å². The number of hydrogen-bond acceptors (Lipinski definition) is 3. The van der Waals surface area contributed by atoms with Gasteiger partial charge in [-0.1, -0.05) is 60.7 Å². The Morgan fingerprint density at radius 1 is 0.828 bits per heavy atom. The fourth-order valence-electron chi connectivity index (χ4n) is 3.73. The normalized spacial score (nSPS) is 14.9. The van der Waals surface area contributed by atoms with Crippen LogP contribution in [0.25, 0.3) is 6.08 Å². The molecule has 0 unspecified atom stereocenters. The number of halogens is 1. The van der Waals surface area contributed by atoms with Crippen LogP contribution in [0.5, 0.6) is 0 Å². The molecule has 5 heteroatoms. The van der Waals surface area contributed by atoms with Crippen molar-refractivity contribution in [1.82, 2.24) is 9.80 Å². The molecule has 4 rings (SSSR count). The first-order chi connectivity index (χ1) is 13.8. The van der Waals surface area contributed by atoms with Crippen molar-refractivity contribution in [2.75, 3.05) is 26.2 Å². The Labute approximate surface area is 177 Å². The lowest BCUT2D eigenvalue weighted by Gasteiger charge is -2.39. The van der Waals surface area contributed by atoms with E-state index >= 15 is 0 Å². The highest BCUT2D eigenvalue weighted by atomic mass is 35.5. The molecule has 1 aliphatic rings. The van der Waals surface area contributed by atoms with E-state index in [1.165, 1.54) is 11.1 Å². The third kappa shape index (κ3) is 5.17. The first-order valence-corrected chi connectivity index (χ1v) is 9.66. The van der Waals surface area contributed by atoms with E-state index in [2.05, 4.69) is 53.4 Å². The molecule has 1 amide bonds. The lowest BCUT2D eigenvalue weighted by Crippen LogP contribution is -3.00. The molecule has 0 saturated carbocycles. The molecule has 150 valence electrons. The molecule has 1 aromatic heterocycles. The van der Waals surface area contributed by atoms with E-state index in [9.17, 15) is 4.79 Å². The maximum Gasteiger partial charge on any atom is 0.246 e. The highest BCUT2D eigenvalue weighted by Gasteiger charge is 2.27. The van der Waals surface area contributed by atoms with Crippen molar-refractivity contribution < 1.29 is 21.6 Å². The first-order valence-electron chi connectivity index (χ1n) is 9.66. The highest BCUT2D eigenvalue weighted by Crippen LogP contribution is 2.29. The van der Waals surface area contributed by atoms with Gasteiger partial charge in [-0.25, -0.2) is 0 Å². The van der Waals surface area contributed by atoms with Crippen molar-refractivity contribution in [3.05, 3.63) is 102 Å². The van der Waals surface area contributed by atoms with Crippen LogP contribution >= 0.6 is 0 Å². The Balaban J connectivity index is 0.00000240. The fourth-order valence-corrected chi connectivity index (χ4v) is 3.73. The number of carbonyl (C=O) groups is 1. The average molecular weight is 408 g/mol. The van der Waals surface area contributed by atoms with E-state index in [1.807, 2.05) is 29.2 Å². The highest BCUT2D eigenvalue weighted by molar-refractivity contribution is 5.91. The Morgan fingerprint density at radius 2 is 1.41 bits per heavy atom. The average Bonchev–Trinajstić information content (AvgIpc) is 3.28. The summed E-state index contributed by atoms with van der Waals surface area (Å²) in [4.78, 5) is 16.9. The van der Waals surface area contributed by atoms with Crippen LogP contribution in [0.4, 0.5) is 0 Å². The lowest BCUT2D eigenvalue weighted by atomic mass is 9.96. The second-order valence-electron chi connectivity index (χ2n) is 6.93. The summed E-state index contributed by atoms with van der Waals surface area (Å²) in [7, 11) is 0. The smallest absolute Gasteiger partial charge is 0.246 e. The molecule has 2 aromatic carbocycles. The number of rotatable bonds is 5. The minimum atomic E-state index is 0. The van der Waals surface area contributed by atoms with Gasteiger partial charge in [0.15, 0.2) is 0 Å². The first kappa shape index (κ1) is 20.9. The van der Waals surface area contributed by atoms with Crippen LogP contribution in [0.2, 0.25) is 0 Å². The van der Waals surface area contributed by atoms with Crippen LogP contribution < -0.4 is 12.4 Å². The molecular weight excluding hydrogens is 384 g/mol. The topological polar surface area (TPSA) is 36.7 Å². The Kier molecular flexibility index (Phi) is 7.28. The lowest BCUT2D eigenvalue weighted by molar-refractivity contribution is -0.127. The zero-order valence-corrected chi connectivity index (χ0v) is 16.9. The molecular formula is C24H24ClN2O2-. The van der Waals surface area contributed by atoms with Gasteiger partial charge in [0.1, 0.15) is 5.76 Å². The van der Waals surface area contributed by atoms with E-state index in [0.717, 1.165) is 26.2 Å². The molecule has 4 nitrogen and oxygen atoms in total. The van der Waals surface area contributed by atoms with Crippen LogP contribution in [0.3, 0.4) is 0 Å². The predicted molar refractivity (Wildman–Crippen MR) is 111 cm³/mol. The van der Waals surface area contributed by atoms with Crippen molar-refractivity contribution in [3.63, 3.8) is 0 Å². The summed E-state index contributed by atoms with van der Waals surface area (Å²) in [5, 5.41) is 0. The molecule has 1 fully saturated rings. The number of amides is 1. The maximum absolute atomic E-state index is 12.5. The molecule has 1 saturated heterocycles. The minimum Gasteiger partial charge on any atom is -1.00 e. The van der Waals surface area contributed by atoms with Gasteiger partial charge >= 0.3 is 0 Å². The number of benzene rings is 2. The van der Waals surface area contributed by atoms with Crippen molar-refractivity contribution in [2.24, 2.45) is 0 Å². The predicted octanol–water partition coefficient (Wildman–Crippen LogP) is 1.23. The van der Waals surface area contributed by atoms with Crippen LogP contribution in [0.1, 0.15) is 22.9 Å². The van der Waals surface area contributed by atoms with Gasteiger partial charge in [0.2, 0.25) is 5.91 Å². The van der Waals surface area contributed by atoms with E-state index < -0.39 is 0 Å². The van der Waals surface area contributed by atoms with Gasteiger partial charge in [-0.2, -0.15) is 0 Å². The third-order valence-electron chi connectivity index (χ3n) is 5.16. The zero-order chi connectivity index (χ0) is 19.2. The molecule has 2 heterocycles. The number of hydrogen-bond donors (Lipinski definition) is 0. The Hall–Kier alpha value is -2.82. The molecule has 0 bridgehead atoms. The second-order valence-corrected chi connectivity index (χ2v) is 6.93. The summed E-state index contributed by atoms with van der Waals surface area (Å²) in [5.74, 6) is 0.729. The summed E-state index contributed by atoms with van der Waals surface area (Å²) in [5.41, 5.74) is 2.57. The number of piperazine rings is 1. The van der Waals surface area contributed by atoms with Gasteiger partial charge < -0.3 is 21.7 Å². The molecule has 29 heavy (non-hydrogen) atoms. The van der Waals surface area contributed by atoms with Gasteiger partial charge in [0.25, 0.3) is 0 Å². The van der Waals surface area contributed by atoms with Crippen molar-refractivity contribution in [1.29, 1.82) is 0 Å². The van der Waals surface area contributed by atoms with Crippen molar-refractivity contribution in [3.8, 4) is 0 Å². The fraction of sp³-hybridized carbons (Fsp3) is 0.208. The van der Waals surface area contributed by atoms with Crippen LogP contribution in [-0.4, -0.2) is 41.9 Å². The number of carbonyl (C=O) groups excluding carboxylic acids is 1. The minimum absolute atomic E-state index is 0. The van der Waals surface area contributed by atoms with Crippen LogP contribution in [0.15, 0.2) is 89.6 Å². The van der Waals surface area contributed by atoms with E-state index in [4.69, 9.17) is 4.42 Å². The number of furan rings is 1. The molecule has 1 aliphatic heterocycles. The molecule has 0 aliphatic carbocycles. The summed E-state index contributed by atoms with van der Waals surface area (Å²) in [6.45, 7) is 3.12. The molecule has 0 N–H and O–H groups in total. The Morgan fingerprint density at radius 3 is 1.93 bits per heavy atom. The second kappa shape index (κ2) is 10.1. The van der Waals surface area contributed by atoms with Gasteiger partial charge in [-0.3, -0.25) is 9.69 Å². The van der Waals surface area contributed by atoms with Crippen molar-refractivity contribution >= 4 is 12.0 Å². The molecule has 0 spiro atoms. The number of nitrogens with zero attached hydrogens (tertiary/aromatic N) is 2. The van der Waals surface area contributed by atoms with Gasteiger partial charge in [-0.05, 0) is 29.3 Å². The summed E-state index contributed by atoms with van der Waals surface area (Å²) >= 11 is 0. The van der Waals surface area contributed by atoms with E-state index in [-0.39, 0.29) is 24.4 Å². The van der Waals surface area contributed by atoms with E-state index in [1.54, 1.807) is 18.4 Å². The van der Waals surface area contributed by atoms with Gasteiger partial charge in [0.05, 0.1) is 12.3 Å². The van der Waals surface area contributed by atoms with Crippen LogP contribution in [-0.2, 0) is 4.79 Å². The molecule has 0 radical (unpaired) electrons. The van der Waals surface area contributed by atoms with E-state index in [0.29, 0.717) is 5.76 Å². The monoisotopic (exact) mass is 407 g/mol. The van der Waals surface area contributed by atoms with Crippen molar-refractivity contribution in [2.45, 2.75) is 6.04 Å². The quantitative estimate of drug-likeness (QED) is 0.597. The molecule has 3 aromatic rings. The maximum atomic E-state index is 12.5. The SMILES string of the molecule is O=C(/C=C/c1ccco1)N1CCN(C(c2ccccc2)c2ccccc2)CC1.[Cl-]. The summed E-state index contributed by atoms with van der Waals surface area (Å²) < 4.78 is 5.25. The standard InChI is InChI=1S/C24H24N2O2.ClH/c27-23(14-13-22-12-7-19-28-22)25-15-17-26(18-16-25)24(20-8-3-1-4-9-20)21-10-5-2-6-11-21;/h1-14,19,24H,15-18H2;1H/p-1/b14-13+;. The van der Waals surface area contributed by atoms with Crippen LogP contribution in [0, 0.1) is 0 Å². The third-order valence-corrected chi connectivity index (χ3v) is 5.16. The molecule has 0 atom stereocenters. The zero-order valence-electron chi connectivity index (χ0n) is 16.2. The largest absolute Gasteiger partial charge is 1.00 e. The van der Waals surface area contributed by atoms with Gasteiger partial charge in [-0.15, -0.1) is 0 Å².